The summed E-state index contributed by atoms with van der Waals surface area (Å²) >= 11 is 0. The molecule has 0 saturated carbocycles. The molecule has 2 N–H and O–H groups in total. The molecule has 0 aliphatic carbocycles. The predicted octanol–water partition coefficient (Wildman–Crippen LogP) is 0.448. The smallest absolute Gasteiger partial charge is 0.221 e. The molecular weight excluding hydrogens is 364 g/mol. The third kappa shape index (κ3) is 8.43. The van der Waals surface area contributed by atoms with Gasteiger partial charge in [-0.25, -0.2) is 0 Å². The predicted molar refractivity (Wildman–Crippen MR) is 104 cm³/mol. The number of fused-ring (bicyclic) bond motifs is 1. The van der Waals surface area contributed by atoms with Crippen molar-refractivity contribution >= 4 is 5.91 Å². The molecule has 8 heteroatoms. The number of nitrogens with one attached hydrogen (secondary N) is 2. The Morgan fingerprint density at radius 3 is 2.68 bits per heavy atom. The molecule has 1 amide bonds. The number of terminal acetylenes is 1. The first-order chi connectivity index (χ1) is 13.5. The Hall–Kier alpha value is -1.21. The van der Waals surface area contributed by atoms with Gasteiger partial charge in [0, 0.05) is 39.1 Å². The Morgan fingerprint density at radius 2 is 1.93 bits per heavy atom. The molecule has 0 radical (unpaired) electrons. The van der Waals surface area contributed by atoms with Gasteiger partial charge in [0.1, 0.15) is 6.10 Å². The van der Waals surface area contributed by atoms with Crippen molar-refractivity contribution in [2.24, 2.45) is 0 Å². The Bertz CT molecular complexity index is 507. The number of ether oxygens (including phenoxy) is 5. The molecule has 2 rings (SSSR count). The lowest BCUT2D eigenvalue weighted by atomic mass is 10.0. The summed E-state index contributed by atoms with van der Waals surface area (Å²) in [4.78, 5) is 11.3. The average Bonchev–Trinajstić information content (AvgIpc) is 2.99. The number of rotatable bonds is 13. The van der Waals surface area contributed by atoms with Gasteiger partial charge >= 0.3 is 0 Å². The van der Waals surface area contributed by atoms with E-state index in [1.165, 1.54) is 0 Å². The normalized spacial score (nSPS) is 25.8. The van der Waals surface area contributed by atoms with E-state index in [9.17, 15) is 4.79 Å². The van der Waals surface area contributed by atoms with Crippen LogP contribution in [0.5, 0.6) is 0 Å². The minimum absolute atomic E-state index is 0.000276. The highest BCUT2D eigenvalue weighted by Crippen LogP contribution is 2.34. The van der Waals surface area contributed by atoms with Crippen LogP contribution in [-0.4, -0.2) is 82.7 Å². The van der Waals surface area contributed by atoms with Crippen LogP contribution in [0.2, 0.25) is 0 Å². The molecule has 8 nitrogen and oxygen atoms in total. The van der Waals surface area contributed by atoms with Crippen molar-refractivity contribution in [3.63, 3.8) is 0 Å². The molecule has 3 atom stereocenters. The lowest BCUT2D eigenvalue weighted by molar-refractivity contribution is -0.153. The second kappa shape index (κ2) is 12.4. The van der Waals surface area contributed by atoms with Gasteiger partial charge in [-0.3, -0.25) is 4.79 Å². The van der Waals surface area contributed by atoms with Gasteiger partial charge in [-0.05, 0) is 20.3 Å². The monoisotopic (exact) mass is 398 g/mol. The number of hydrogen-bond acceptors (Lipinski definition) is 7. The quantitative estimate of drug-likeness (QED) is 0.344. The third-order valence-electron chi connectivity index (χ3n) is 4.53. The topological polar surface area (TPSA) is 87.3 Å². The lowest BCUT2D eigenvalue weighted by Gasteiger charge is -2.31. The molecular formula is C20H34N2O6. The molecule has 0 bridgehead atoms. The molecule has 0 aromatic rings. The van der Waals surface area contributed by atoms with Gasteiger partial charge in [0.2, 0.25) is 5.91 Å². The number of carbonyl (C=O) groups is 1. The summed E-state index contributed by atoms with van der Waals surface area (Å²) in [5.74, 6) is 1.86. The SMILES string of the molecule is C#CCCC(=O)NCCOCCOCCNC[C@H]1OCC[C@H]2OC(C)(C)O[C@@H]12. The Labute approximate surface area is 167 Å². The number of amides is 1. The van der Waals surface area contributed by atoms with Crippen LogP contribution >= 0.6 is 0 Å². The van der Waals surface area contributed by atoms with E-state index < -0.39 is 5.79 Å². The van der Waals surface area contributed by atoms with Gasteiger partial charge < -0.3 is 34.3 Å². The molecule has 2 fully saturated rings. The van der Waals surface area contributed by atoms with Crippen LogP contribution in [0.3, 0.4) is 0 Å². The van der Waals surface area contributed by atoms with Crippen LogP contribution < -0.4 is 10.6 Å². The third-order valence-corrected chi connectivity index (χ3v) is 4.53. The van der Waals surface area contributed by atoms with Crippen LogP contribution in [0.25, 0.3) is 0 Å². The molecule has 2 saturated heterocycles. The first kappa shape index (κ1) is 23.1. The standard InChI is InChI=1S/C20H34N2O6/c1-4-5-6-18(23)22-9-12-25-14-13-24-11-8-21-15-17-19-16(7-10-26-17)27-20(2,3)28-19/h1,16-17,19,21H,5-15H2,2-3H3,(H,22,23)/t16-,17-,19-/m1/s1. The fourth-order valence-electron chi connectivity index (χ4n) is 3.25. The van der Waals surface area contributed by atoms with Crippen molar-refractivity contribution in [3.8, 4) is 12.3 Å². The van der Waals surface area contributed by atoms with Gasteiger partial charge in [-0.15, -0.1) is 12.3 Å². The van der Waals surface area contributed by atoms with Crippen LogP contribution in [0.15, 0.2) is 0 Å². The molecule has 0 aromatic heterocycles. The second-order valence-electron chi connectivity index (χ2n) is 7.32. The summed E-state index contributed by atoms with van der Waals surface area (Å²) in [7, 11) is 0. The lowest BCUT2D eigenvalue weighted by Crippen LogP contribution is -2.48. The van der Waals surface area contributed by atoms with Crippen molar-refractivity contribution < 1.29 is 28.5 Å². The van der Waals surface area contributed by atoms with E-state index in [-0.39, 0.29) is 24.2 Å². The number of hydrogen-bond donors (Lipinski definition) is 2. The van der Waals surface area contributed by atoms with Gasteiger partial charge in [-0.2, -0.15) is 0 Å². The highest BCUT2D eigenvalue weighted by Gasteiger charge is 2.47. The molecule has 2 aliphatic rings. The number of carbonyl (C=O) groups excluding carboxylic acids is 1. The Kier molecular flexibility index (Phi) is 10.2. The second-order valence-corrected chi connectivity index (χ2v) is 7.32. The molecule has 28 heavy (non-hydrogen) atoms. The fraction of sp³-hybridized carbons (Fsp3) is 0.850. The largest absolute Gasteiger partial charge is 0.378 e. The van der Waals surface area contributed by atoms with Crippen molar-refractivity contribution in [3.05, 3.63) is 0 Å². The zero-order valence-corrected chi connectivity index (χ0v) is 17.0. The van der Waals surface area contributed by atoms with E-state index in [0.29, 0.717) is 59.0 Å². The minimum atomic E-state index is -0.533. The summed E-state index contributed by atoms with van der Waals surface area (Å²) in [6.07, 6.45) is 6.90. The fourth-order valence-corrected chi connectivity index (χ4v) is 3.25. The van der Waals surface area contributed by atoms with E-state index in [4.69, 9.17) is 30.1 Å². The highest BCUT2D eigenvalue weighted by molar-refractivity contribution is 5.76. The van der Waals surface area contributed by atoms with Gasteiger partial charge in [0.25, 0.3) is 0 Å². The van der Waals surface area contributed by atoms with Crippen LogP contribution in [0, 0.1) is 12.3 Å². The average molecular weight is 399 g/mol. The zero-order chi connectivity index (χ0) is 20.2. The van der Waals surface area contributed by atoms with Crippen LogP contribution in [0.1, 0.15) is 33.1 Å². The minimum Gasteiger partial charge on any atom is -0.378 e. The molecule has 0 aromatic carbocycles. The van der Waals surface area contributed by atoms with E-state index in [0.717, 1.165) is 13.0 Å². The van der Waals surface area contributed by atoms with Crippen molar-refractivity contribution in [1.29, 1.82) is 0 Å². The molecule has 2 aliphatic heterocycles. The summed E-state index contributed by atoms with van der Waals surface area (Å²) in [6, 6.07) is 0. The van der Waals surface area contributed by atoms with Crippen molar-refractivity contribution in [1.82, 2.24) is 10.6 Å². The molecule has 2 heterocycles. The molecule has 0 unspecified atom stereocenters. The highest BCUT2D eigenvalue weighted by atomic mass is 16.8. The molecule has 0 spiro atoms. The van der Waals surface area contributed by atoms with E-state index in [1.807, 2.05) is 13.8 Å². The zero-order valence-electron chi connectivity index (χ0n) is 17.0. The Morgan fingerprint density at radius 1 is 1.18 bits per heavy atom. The first-order valence-electron chi connectivity index (χ1n) is 10.1. The maximum atomic E-state index is 11.3. The van der Waals surface area contributed by atoms with Crippen molar-refractivity contribution in [2.75, 3.05) is 52.7 Å². The summed E-state index contributed by atoms with van der Waals surface area (Å²) in [5, 5.41) is 6.09. The van der Waals surface area contributed by atoms with Gasteiger partial charge in [-0.1, -0.05) is 0 Å². The van der Waals surface area contributed by atoms with Crippen LogP contribution in [-0.2, 0) is 28.5 Å². The summed E-state index contributed by atoms with van der Waals surface area (Å²) in [5.41, 5.74) is 0. The summed E-state index contributed by atoms with van der Waals surface area (Å²) < 4.78 is 28.7. The van der Waals surface area contributed by atoms with E-state index in [1.54, 1.807) is 0 Å². The van der Waals surface area contributed by atoms with E-state index in [2.05, 4.69) is 16.6 Å². The van der Waals surface area contributed by atoms with Gasteiger partial charge in [0.05, 0.1) is 38.6 Å². The maximum absolute atomic E-state index is 11.3. The Balaban J connectivity index is 1.40. The summed E-state index contributed by atoms with van der Waals surface area (Å²) in [6.45, 7) is 8.57. The maximum Gasteiger partial charge on any atom is 0.221 e. The first-order valence-corrected chi connectivity index (χ1v) is 10.1. The van der Waals surface area contributed by atoms with Crippen molar-refractivity contribution in [2.45, 2.75) is 57.2 Å². The molecule has 160 valence electrons. The van der Waals surface area contributed by atoms with Crippen LogP contribution in [0.4, 0.5) is 0 Å². The van der Waals surface area contributed by atoms with Gasteiger partial charge in [0.15, 0.2) is 5.79 Å². The van der Waals surface area contributed by atoms with E-state index >= 15 is 0 Å².